The molecular formula is C18H24O3. The van der Waals surface area contributed by atoms with Gasteiger partial charge in [0, 0.05) is 5.56 Å². The molecule has 2 rings (SSSR count). The molecule has 1 atom stereocenters. The maximum absolute atomic E-state index is 12.5. The Morgan fingerprint density at radius 1 is 1.05 bits per heavy atom. The van der Waals surface area contributed by atoms with Crippen LogP contribution in [0.2, 0.25) is 0 Å². The summed E-state index contributed by atoms with van der Waals surface area (Å²) in [6, 6.07) is 9.06. The molecule has 1 saturated carbocycles. The van der Waals surface area contributed by atoms with Crippen LogP contribution in [-0.4, -0.2) is 17.9 Å². The SMILES string of the molecule is CC(C)C(OC(=O)C1CCCCC1)C(=O)c1ccccc1. The fourth-order valence-corrected chi connectivity index (χ4v) is 2.82. The monoisotopic (exact) mass is 288 g/mol. The van der Waals surface area contributed by atoms with Crippen LogP contribution in [0.25, 0.3) is 0 Å². The first-order chi connectivity index (χ1) is 10.1. The van der Waals surface area contributed by atoms with Crippen molar-refractivity contribution in [2.24, 2.45) is 11.8 Å². The third kappa shape index (κ3) is 4.16. The van der Waals surface area contributed by atoms with E-state index >= 15 is 0 Å². The third-order valence-corrected chi connectivity index (χ3v) is 4.10. The second kappa shape index (κ2) is 7.39. The van der Waals surface area contributed by atoms with Gasteiger partial charge in [-0.05, 0) is 18.8 Å². The van der Waals surface area contributed by atoms with E-state index in [0.717, 1.165) is 25.7 Å². The van der Waals surface area contributed by atoms with E-state index in [4.69, 9.17) is 4.74 Å². The average Bonchev–Trinajstić information content (AvgIpc) is 2.53. The van der Waals surface area contributed by atoms with E-state index < -0.39 is 6.10 Å². The van der Waals surface area contributed by atoms with Crippen molar-refractivity contribution in [3.63, 3.8) is 0 Å². The van der Waals surface area contributed by atoms with Crippen molar-refractivity contribution in [3.05, 3.63) is 35.9 Å². The molecule has 3 nitrogen and oxygen atoms in total. The van der Waals surface area contributed by atoms with Crippen molar-refractivity contribution in [3.8, 4) is 0 Å². The van der Waals surface area contributed by atoms with Gasteiger partial charge >= 0.3 is 5.97 Å². The van der Waals surface area contributed by atoms with Gasteiger partial charge in [-0.3, -0.25) is 9.59 Å². The first-order valence-corrected chi connectivity index (χ1v) is 7.89. The Kier molecular flexibility index (Phi) is 5.54. The minimum atomic E-state index is -0.679. The summed E-state index contributed by atoms with van der Waals surface area (Å²) in [6.07, 6.45) is 4.46. The van der Waals surface area contributed by atoms with Gasteiger partial charge in [0.25, 0.3) is 0 Å². The second-order valence-electron chi connectivity index (χ2n) is 6.17. The van der Waals surface area contributed by atoms with E-state index in [1.807, 2.05) is 32.0 Å². The molecule has 1 aliphatic rings. The predicted octanol–water partition coefficient (Wildman–Crippen LogP) is 4.02. The third-order valence-electron chi connectivity index (χ3n) is 4.10. The Labute approximate surface area is 126 Å². The molecule has 0 amide bonds. The molecule has 0 heterocycles. The van der Waals surface area contributed by atoms with Gasteiger partial charge in [0.1, 0.15) is 0 Å². The number of hydrogen-bond acceptors (Lipinski definition) is 3. The Morgan fingerprint density at radius 3 is 2.24 bits per heavy atom. The summed E-state index contributed by atoms with van der Waals surface area (Å²) in [5, 5.41) is 0. The lowest BCUT2D eigenvalue weighted by Crippen LogP contribution is -2.35. The fourth-order valence-electron chi connectivity index (χ4n) is 2.82. The average molecular weight is 288 g/mol. The van der Waals surface area contributed by atoms with Crippen LogP contribution in [0.15, 0.2) is 30.3 Å². The Bertz CT molecular complexity index is 472. The highest BCUT2D eigenvalue weighted by Crippen LogP contribution is 2.26. The number of Topliss-reactive ketones (excluding diaryl/α,β-unsaturated/α-hetero) is 1. The largest absolute Gasteiger partial charge is 0.453 e. The summed E-state index contributed by atoms with van der Waals surface area (Å²) in [5.41, 5.74) is 0.604. The van der Waals surface area contributed by atoms with Gasteiger partial charge in [-0.15, -0.1) is 0 Å². The van der Waals surface area contributed by atoms with Crippen LogP contribution in [0.4, 0.5) is 0 Å². The Morgan fingerprint density at radius 2 is 1.67 bits per heavy atom. The molecule has 0 bridgehead atoms. The van der Waals surface area contributed by atoms with Crippen molar-refractivity contribution in [1.29, 1.82) is 0 Å². The van der Waals surface area contributed by atoms with E-state index in [2.05, 4.69) is 0 Å². The number of ether oxygens (including phenoxy) is 1. The zero-order chi connectivity index (χ0) is 15.2. The molecule has 1 fully saturated rings. The molecule has 0 spiro atoms. The first kappa shape index (κ1) is 15.7. The number of rotatable bonds is 5. The first-order valence-electron chi connectivity index (χ1n) is 7.89. The molecule has 1 unspecified atom stereocenters. The maximum atomic E-state index is 12.5. The summed E-state index contributed by atoms with van der Waals surface area (Å²) >= 11 is 0. The normalized spacial score (nSPS) is 17.5. The van der Waals surface area contributed by atoms with E-state index in [-0.39, 0.29) is 23.6 Å². The van der Waals surface area contributed by atoms with E-state index in [9.17, 15) is 9.59 Å². The van der Waals surface area contributed by atoms with Crippen LogP contribution in [0.1, 0.15) is 56.3 Å². The topological polar surface area (TPSA) is 43.4 Å². The van der Waals surface area contributed by atoms with Crippen LogP contribution in [0.3, 0.4) is 0 Å². The summed E-state index contributed by atoms with van der Waals surface area (Å²) < 4.78 is 5.58. The molecule has 114 valence electrons. The van der Waals surface area contributed by atoms with Crippen molar-refractivity contribution in [2.75, 3.05) is 0 Å². The molecular weight excluding hydrogens is 264 g/mol. The Hall–Kier alpha value is -1.64. The lowest BCUT2D eigenvalue weighted by Gasteiger charge is -2.25. The number of hydrogen-bond donors (Lipinski definition) is 0. The molecule has 0 N–H and O–H groups in total. The van der Waals surface area contributed by atoms with Gasteiger partial charge in [0.2, 0.25) is 5.78 Å². The minimum absolute atomic E-state index is 0.0229. The minimum Gasteiger partial charge on any atom is -0.453 e. The van der Waals surface area contributed by atoms with Crippen LogP contribution < -0.4 is 0 Å². The quantitative estimate of drug-likeness (QED) is 0.607. The van der Waals surface area contributed by atoms with Gasteiger partial charge in [-0.1, -0.05) is 63.4 Å². The van der Waals surface area contributed by atoms with Gasteiger partial charge in [-0.25, -0.2) is 0 Å². The smallest absolute Gasteiger partial charge is 0.309 e. The van der Waals surface area contributed by atoms with E-state index in [1.165, 1.54) is 6.42 Å². The van der Waals surface area contributed by atoms with Crippen LogP contribution in [0.5, 0.6) is 0 Å². The zero-order valence-corrected chi connectivity index (χ0v) is 12.9. The van der Waals surface area contributed by atoms with E-state index in [1.54, 1.807) is 12.1 Å². The van der Waals surface area contributed by atoms with Gasteiger partial charge in [0.15, 0.2) is 6.10 Å². The summed E-state index contributed by atoms with van der Waals surface area (Å²) in [6.45, 7) is 3.83. The number of carbonyl (C=O) groups excluding carboxylic acids is 2. The molecule has 1 aromatic rings. The lowest BCUT2D eigenvalue weighted by atomic mass is 9.89. The highest BCUT2D eigenvalue weighted by molar-refractivity contribution is 6.00. The number of ketones is 1. The van der Waals surface area contributed by atoms with Crippen molar-refractivity contribution in [1.82, 2.24) is 0 Å². The van der Waals surface area contributed by atoms with Crippen LogP contribution in [0, 0.1) is 11.8 Å². The predicted molar refractivity (Wildman–Crippen MR) is 82.1 cm³/mol. The van der Waals surface area contributed by atoms with Crippen molar-refractivity contribution >= 4 is 11.8 Å². The lowest BCUT2D eigenvalue weighted by molar-refractivity contribution is -0.154. The van der Waals surface area contributed by atoms with Gasteiger partial charge in [-0.2, -0.15) is 0 Å². The van der Waals surface area contributed by atoms with Gasteiger partial charge in [0.05, 0.1) is 5.92 Å². The van der Waals surface area contributed by atoms with Gasteiger partial charge < -0.3 is 4.74 Å². The number of carbonyl (C=O) groups is 2. The molecule has 0 aliphatic heterocycles. The molecule has 1 aromatic carbocycles. The fraction of sp³-hybridized carbons (Fsp3) is 0.556. The van der Waals surface area contributed by atoms with Crippen LogP contribution in [-0.2, 0) is 9.53 Å². The van der Waals surface area contributed by atoms with Crippen molar-refractivity contribution < 1.29 is 14.3 Å². The second-order valence-corrected chi connectivity index (χ2v) is 6.17. The number of benzene rings is 1. The molecule has 1 aliphatic carbocycles. The highest BCUT2D eigenvalue weighted by Gasteiger charge is 2.31. The summed E-state index contributed by atoms with van der Waals surface area (Å²) in [4.78, 5) is 24.8. The Balaban J connectivity index is 2.05. The molecule has 0 radical (unpaired) electrons. The zero-order valence-electron chi connectivity index (χ0n) is 12.9. The standard InChI is InChI=1S/C18H24O3/c1-13(2)17(16(19)14-9-5-3-6-10-14)21-18(20)15-11-7-4-8-12-15/h3,5-6,9-10,13,15,17H,4,7-8,11-12H2,1-2H3. The van der Waals surface area contributed by atoms with Crippen molar-refractivity contribution in [2.45, 2.75) is 52.1 Å². The molecule has 0 aromatic heterocycles. The molecule has 0 saturated heterocycles. The maximum Gasteiger partial charge on any atom is 0.309 e. The molecule has 21 heavy (non-hydrogen) atoms. The molecule has 3 heteroatoms. The summed E-state index contributed by atoms with van der Waals surface area (Å²) in [5.74, 6) is -0.346. The van der Waals surface area contributed by atoms with Crippen LogP contribution >= 0.6 is 0 Å². The highest BCUT2D eigenvalue weighted by atomic mass is 16.5. The summed E-state index contributed by atoms with van der Waals surface area (Å²) in [7, 11) is 0. The number of esters is 1. The van der Waals surface area contributed by atoms with E-state index in [0.29, 0.717) is 5.56 Å².